The van der Waals surface area contributed by atoms with Crippen LogP contribution >= 0.6 is 11.6 Å². The van der Waals surface area contributed by atoms with Crippen LogP contribution in [0.2, 0.25) is 5.15 Å². The largest absolute Gasteiger partial charge is 0.494 e. The number of aromatic nitrogens is 1. The number of nitrogens with two attached hydrogens (primary N) is 1. The van der Waals surface area contributed by atoms with Crippen molar-refractivity contribution in [3.63, 3.8) is 0 Å². The highest BCUT2D eigenvalue weighted by Crippen LogP contribution is 2.42. The van der Waals surface area contributed by atoms with Gasteiger partial charge in [0.25, 0.3) is 0 Å². The molecule has 1 atom stereocenters. The molecule has 2 aromatic rings. The Kier molecular flexibility index (Phi) is 5.43. The van der Waals surface area contributed by atoms with E-state index in [1.807, 2.05) is 19.1 Å². The second-order valence-corrected chi connectivity index (χ2v) is 6.40. The average molecular weight is 400 g/mol. The Morgan fingerprint density at radius 3 is 2.82 bits per heavy atom. The Balaban J connectivity index is 2.26. The van der Waals surface area contributed by atoms with E-state index in [0.29, 0.717) is 23.4 Å². The van der Waals surface area contributed by atoms with E-state index in [1.165, 1.54) is 7.11 Å². The molecule has 8 heteroatoms. The van der Waals surface area contributed by atoms with Crippen LogP contribution in [0.1, 0.15) is 25.3 Å². The number of carbonyl (C=O) groups is 1. The van der Waals surface area contributed by atoms with Crippen LogP contribution in [-0.2, 0) is 14.3 Å². The standard InChI is InChI=1S/C20H18ClN3O4/c1-4-27-12-5-6-15-11(7-12)8-13(18(21)24-15)17-14(9-22)19(23)28-10(2)16(17)20(25)26-3/h5-8,17H,4,23H2,1-3H3. The van der Waals surface area contributed by atoms with Gasteiger partial charge >= 0.3 is 5.97 Å². The van der Waals surface area contributed by atoms with Gasteiger partial charge in [0.05, 0.1) is 30.7 Å². The van der Waals surface area contributed by atoms with Crippen molar-refractivity contribution < 1.29 is 19.0 Å². The summed E-state index contributed by atoms with van der Waals surface area (Å²) in [6, 6.07) is 9.19. The highest BCUT2D eigenvalue weighted by atomic mass is 35.5. The number of benzene rings is 1. The Morgan fingerprint density at radius 2 is 2.18 bits per heavy atom. The lowest BCUT2D eigenvalue weighted by Crippen LogP contribution is -2.25. The number of allylic oxidation sites excluding steroid dienone is 2. The summed E-state index contributed by atoms with van der Waals surface area (Å²) in [6.45, 7) is 3.99. The topological polar surface area (TPSA) is 107 Å². The molecule has 0 saturated carbocycles. The molecule has 1 aromatic carbocycles. The maximum Gasteiger partial charge on any atom is 0.338 e. The third kappa shape index (κ3) is 3.35. The number of fused-ring (bicyclic) bond motifs is 1. The van der Waals surface area contributed by atoms with Gasteiger partial charge in [0.15, 0.2) is 0 Å². The van der Waals surface area contributed by atoms with Crippen molar-refractivity contribution in [2.45, 2.75) is 19.8 Å². The normalized spacial score (nSPS) is 16.6. The third-order valence-electron chi connectivity index (χ3n) is 4.40. The fourth-order valence-electron chi connectivity index (χ4n) is 3.17. The molecule has 1 unspecified atom stereocenters. The molecule has 1 aliphatic heterocycles. The van der Waals surface area contributed by atoms with Gasteiger partial charge in [-0.3, -0.25) is 0 Å². The molecule has 0 saturated heterocycles. The van der Waals surface area contributed by atoms with E-state index in [-0.39, 0.29) is 27.9 Å². The van der Waals surface area contributed by atoms with E-state index in [0.717, 1.165) is 5.39 Å². The molecule has 2 N–H and O–H groups in total. The van der Waals surface area contributed by atoms with Crippen molar-refractivity contribution >= 4 is 28.5 Å². The summed E-state index contributed by atoms with van der Waals surface area (Å²) in [5.41, 5.74) is 7.22. The van der Waals surface area contributed by atoms with Crippen molar-refractivity contribution in [1.29, 1.82) is 5.26 Å². The highest BCUT2D eigenvalue weighted by Gasteiger charge is 2.37. The quantitative estimate of drug-likeness (QED) is 0.618. The lowest BCUT2D eigenvalue weighted by atomic mass is 9.83. The van der Waals surface area contributed by atoms with Crippen LogP contribution < -0.4 is 10.5 Å². The number of carbonyl (C=O) groups excluding carboxylic acids is 1. The number of nitrogens with zero attached hydrogens (tertiary/aromatic N) is 2. The molecule has 0 amide bonds. The lowest BCUT2D eigenvalue weighted by Gasteiger charge is -2.27. The highest BCUT2D eigenvalue weighted by molar-refractivity contribution is 6.30. The van der Waals surface area contributed by atoms with Crippen LogP contribution in [0, 0.1) is 11.3 Å². The molecular formula is C20H18ClN3O4. The van der Waals surface area contributed by atoms with Crippen LogP contribution in [-0.4, -0.2) is 24.7 Å². The minimum Gasteiger partial charge on any atom is -0.494 e. The first-order valence-corrected chi connectivity index (χ1v) is 8.88. The lowest BCUT2D eigenvalue weighted by molar-refractivity contribution is -0.136. The second-order valence-electron chi connectivity index (χ2n) is 6.04. The second kappa shape index (κ2) is 7.79. The van der Waals surface area contributed by atoms with Crippen molar-refractivity contribution in [3.8, 4) is 11.8 Å². The number of pyridine rings is 1. The van der Waals surface area contributed by atoms with Gasteiger partial charge in [0.1, 0.15) is 28.3 Å². The van der Waals surface area contributed by atoms with Crippen LogP contribution in [0.3, 0.4) is 0 Å². The van der Waals surface area contributed by atoms with E-state index in [2.05, 4.69) is 4.98 Å². The summed E-state index contributed by atoms with van der Waals surface area (Å²) in [4.78, 5) is 16.8. The summed E-state index contributed by atoms with van der Waals surface area (Å²) in [5, 5.41) is 10.5. The number of hydrogen-bond donors (Lipinski definition) is 1. The number of hydrogen-bond acceptors (Lipinski definition) is 7. The van der Waals surface area contributed by atoms with Crippen LogP contribution in [0.15, 0.2) is 47.1 Å². The molecular weight excluding hydrogens is 382 g/mol. The Hall–Kier alpha value is -3.24. The smallest absolute Gasteiger partial charge is 0.338 e. The Morgan fingerprint density at radius 1 is 1.43 bits per heavy atom. The van der Waals surface area contributed by atoms with Crippen LogP contribution in [0.25, 0.3) is 10.9 Å². The van der Waals surface area contributed by atoms with Gasteiger partial charge in [0, 0.05) is 10.9 Å². The van der Waals surface area contributed by atoms with E-state index in [1.54, 1.807) is 25.1 Å². The summed E-state index contributed by atoms with van der Waals surface area (Å²) in [7, 11) is 1.25. The van der Waals surface area contributed by atoms with Crippen molar-refractivity contribution in [2.75, 3.05) is 13.7 Å². The monoisotopic (exact) mass is 399 g/mol. The minimum atomic E-state index is -0.855. The maximum atomic E-state index is 12.4. The van der Waals surface area contributed by atoms with Gasteiger partial charge in [-0.25, -0.2) is 9.78 Å². The number of halogens is 1. The van der Waals surface area contributed by atoms with E-state index in [4.69, 9.17) is 31.5 Å². The maximum absolute atomic E-state index is 12.4. The van der Waals surface area contributed by atoms with Gasteiger partial charge in [0.2, 0.25) is 5.88 Å². The van der Waals surface area contributed by atoms with Gasteiger partial charge in [-0.05, 0) is 38.1 Å². The molecule has 1 aromatic heterocycles. The molecule has 0 radical (unpaired) electrons. The fourth-order valence-corrected chi connectivity index (χ4v) is 3.43. The van der Waals surface area contributed by atoms with Gasteiger partial charge in [-0.1, -0.05) is 11.6 Å². The third-order valence-corrected chi connectivity index (χ3v) is 4.70. The molecule has 0 spiro atoms. The Bertz CT molecular complexity index is 1070. The fraction of sp³-hybridized carbons (Fsp3) is 0.250. The zero-order chi connectivity index (χ0) is 20.4. The molecule has 7 nitrogen and oxygen atoms in total. The summed E-state index contributed by atoms with van der Waals surface area (Å²) >= 11 is 6.44. The summed E-state index contributed by atoms with van der Waals surface area (Å²) in [6.07, 6.45) is 0. The number of ether oxygens (including phenoxy) is 3. The molecule has 28 heavy (non-hydrogen) atoms. The van der Waals surface area contributed by atoms with E-state index < -0.39 is 11.9 Å². The number of nitriles is 1. The van der Waals surface area contributed by atoms with Gasteiger partial charge < -0.3 is 19.9 Å². The molecule has 144 valence electrons. The van der Waals surface area contributed by atoms with Crippen LogP contribution in [0.4, 0.5) is 0 Å². The Labute approximate surface area is 166 Å². The number of esters is 1. The predicted molar refractivity (Wildman–Crippen MR) is 103 cm³/mol. The number of rotatable bonds is 4. The zero-order valence-electron chi connectivity index (χ0n) is 15.6. The average Bonchev–Trinajstić information content (AvgIpc) is 2.67. The molecule has 0 fully saturated rings. The van der Waals surface area contributed by atoms with E-state index in [9.17, 15) is 10.1 Å². The first-order chi connectivity index (χ1) is 13.4. The SMILES string of the molecule is CCOc1ccc2nc(Cl)c(C3C(C#N)=C(N)OC(C)=C3C(=O)OC)cc2c1. The van der Waals surface area contributed by atoms with Crippen molar-refractivity contribution in [3.05, 3.63) is 57.8 Å². The molecule has 1 aliphatic rings. The summed E-state index contributed by atoms with van der Waals surface area (Å²) < 4.78 is 15.8. The predicted octanol–water partition coefficient (Wildman–Crippen LogP) is 3.54. The van der Waals surface area contributed by atoms with E-state index >= 15 is 0 Å². The van der Waals surface area contributed by atoms with Crippen molar-refractivity contribution in [2.24, 2.45) is 5.73 Å². The van der Waals surface area contributed by atoms with Crippen LogP contribution in [0.5, 0.6) is 5.75 Å². The molecule has 0 aliphatic carbocycles. The molecule has 3 rings (SSSR count). The zero-order valence-corrected chi connectivity index (χ0v) is 16.3. The van der Waals surface area contributed by atoms with Gasteiger partial charge in [-0.15, -0.1) is 0 Å². The number of methoxy groups -OCH3 is 1. The van der Waals surface area contributed by atoms with Crippen molar-refractivity contribution in [1.82, 2.24) is 4.98 Å². The minimum absolute atomic E-state index is 0.0648. The first-order valence-electron chi connectivity index (χ1n) is 8.50. The van der Waals surface area contributed by atoms with Gasteiger partial charge in [-0.2, -0.15) is 5.26 Å². The first kappa shape index (κ1) is 19.5. The molecule has 2 heterocycles. The molecule has 0 bridgehead atoms. The summed E-state index contributed by atoms with van der Waals surface area (Å²) in [5.74, 6) is -0.662.